The monoisotopic (exact) mass is 249 g/mol. The highest BCUT2D eigenvalue weighted by Gasteiger charge is 2.22. The lowest BCUT2D eigenvalue weighted by Gasteiger charge is -2.14. The Morgan fingerprint density at radius 2 is 2.06 bits per heavy atom. The summed E-state index contributed by atoms with van der Waals surface area (Å²) in [4.78, 5) is 0. The summed E-state index contributed by atoms with van der Waals surface area (Å²) in [5, 5.41) is 0. The Hall–Kier alpha value is -1.06. The van der Waals surface area contributed by atoms with Crippen molar-refractivity contribution in [3.05, 3.63) is 29.8 Å². The Kier molecular flexibility index (Phi) is 4.61. The summed E-state index contributed by atoms with van der Waals surface area (Å²) in [6.07, 6.45) is 3.81. The molecule has 0 spiro atoms. The lowest BCUT2D eigenvalue weighted by Crippen LogP contribution is -2.17. The first-order valence-electron chi connectivity index (χ1n) is 6.83. The van der Waals surface area contributed by atoms with Crippen LogP contribution in [0.5, 0.6) is 5.75 Å². The predicted molar refractivity (Wildman–Crippen MR) is 72.7 cm³/mol. The van der Waals surface area contributed by atoms with Crippen molar-refractivity contribution in [1.82, 2.24) is 0 Å². The van der Waals surface area contributed by atoms with Gasteiger partial charge in [-0.15, -0.1) is 0 Å². The number of hydrogen-bond donors (Lipinski definition) is 1. The molecule has 1 aliphatic heterocycles. The first-order valence-corrected chi connectivity index (χ1v) is 6.83. The molecule has 1 aliphatic rings. The Morgan fingerprint density at radius 1 is 1.33 bits per heavy atom. The van der Waals surface area contributed by atoms with E-state index in [4.69, 9.17) is 15.2 Å². The van der Waals surface area contributed by atoms with Crippen molar-refractivity contribution in [1.29, 1.82) is 0 Å². The van der Waals surface area contributed by atoms with Gasteiger partial charge in [-0.2, -0.15) is 0 Å². The van der Waals surface area contributed by atoms with E-state index in [2.05, 4.69) is 13.8 Å². The molecule has 1 aromatic carbocycles. The summed E-state index contributed by atoms with van der Waals surface area (Å²) in [7, 11) is 0. The second-order valence-corrected chi connectivity index (χ2v) is 5.04. The molecule has 100 valence electrons. The molecule has 18 heavy (non-hydrogen) atoms. The Labute approximate surface area is 109 Å². The van der Waals surface area contributed by atoms with Crippen LogP contribution >= 0.6 is 0 Å². The number of benzene rings is 1. The zero-order valence-corrected chi connectivity index (χ0v) is 11.3. The average Bonchev–Trinajstić information content (AvgIpc) is 2.82. The highest BCUT2D eigenvalue weighted by molar-refractivity contribution is 5.29. The molecular weight excluding hydrogens is 226 g/mol. The van der Waals surface area contributed by atoms with E-state index in [-0.39, 0.29) is 12.1 Å². The van der Waals surface area contributed by atoms with Gasteiger partial charge in [0.1, 0.15) is 12.4 Å². The molecule has 1 heterocycles. The summed E-state index contributed by atoms with van der Waals surface area (Å²) >= 11 is 0. The smallest absolute Gasteiger partial charge is 0.119 e. The minimum absolute atomic E-state index is 0.123. The Balaban J connectivity index is 1.83. The van der Waals surface area contributed by atoms with Crippen molar-refractivity contribution in [2.24, 2.45) is 5.73 Å². The van der Waals surface area contributed by atoms with Gasteiger partial charge >= 0.3 is 0 Å². The third-order valence-corrected chi connectivity index (χ3v) is 3.50. The molecule has 0 radical (unpaired) electrons. The minimum Gasteiger partial charge on any atom is -0.491 e. The van der Waals surface area contributed by atoms with Crippen molar-refractivity contribution in [3.63, 3.8) is 0 Å². The molecule has 0 amide bonds. The van der Waals surface area contributed by atoms with Gasteiger partial charge in [-0.25, -0.2) is 0 Å². The van der Waals surface area contributed by atoms with E-state index in [0.29, 0.717) is 12.7 Å². The van der Waals surface area contributed by atoms with Gasteiger partial charge in [0.15, 0.2) is 0 Å². The van der Waals surface area contributed by atoms with E-state index in [1.54, 1.807) is 0 Å². The topological polar surface area (TPSA) is 44.5 Å². The maximum absolute atomic E-state index is 5.97. The van der Waals surface area contributed by atoms with Crippen LogP contribution in [-0.2, 0) is 4.74 Å². The zero-order valence-electron chi connectivity index (χ0n) is 11.3. The molecule has 1 fully saturated rings. The lowest BCUT2D eigenvalue weighted by molar-refractivity contribution is 0.0264. The minimum atomic E-state index is 0.123. The molecule has 0 bridgehead atoms. The second kappa shape index (κ2) is 6.21. The summed E-state index contributed by atoms with van der Waals surface area (Å²) in [5.74, 6) is 0.894. The fraction of sp³-hybridized carbons (Fsp3) is 0.600. The Morgan fingerprint density at radius 3 is 2.61 bits per heavy atom. The van der Waals surface area contributed by atoms with E-state index in [9.17, 15) is 0 Å². The van der Waals surface area contributed by atoms with Crippen molar-refractivity contribution < 1.29 is 9.47 Å². The Bertz CT molecular complexity index is 363. The predicted octanol–water partition coefficient (Wildman–Crippen LogP) is 3.04. The van der Waals surface area contributed by atoms with Crippen LogP contribution in [0.25, 0.3) is 0 Å². The third kappa shape index (κ3) is 3.47. The number of ether oxygens (including phenoxy) is 2. The normalized spacial score (nSPS) is 25.1. The largest absolute Gasteiger partial charge is 0.491 e. The van der Waals surface area contributed by atoms with E-state index in [0.717, 1.165) is 30.6 Å². The van der Waals surface area contributed by atoms with Crippen LogP contribution in [0.4, 0.5) is 0 Å². The van der Waals surface area contributed by atoms with Crippen LogP contribution in [0.15, 0.2) is 24.3 Å². The number of nitrogens with two attached hydrogens (primary N) is 1. The van der Waals surface area contributed by atoms with Gasteiger partial charge in [0, 0.05) is 6.04 Å². The van der Waals surface area contributed by atoms with Crippen molar-refractivity contribution >= 4 is 0 Å². The fourth-order valence-electron chi connectivity index (χ4n) is 2.24. The molecule has 3 unspecified atom stereocenters. The summed E-state index contributed by atoms with van der Waals surface area (Å²) in [6, 6.07) is 8.19. The quantitative estimate of drug-likeness (QED) is 0.872. The zero-order chi connectivity index (χ0) is 13.0. The molecule has 0 aromatic heterocycles. The molecule has 3 atom stereocenters. The molecule has 2 N–H and O–H groups in total. The first-order chi connectivity index (χ1) is 8.69. The molecule has 1 aromatic rings. The molecular formula is C15H23NO2. The summed E-state index contributed by atoms with van der Waals surface area (Å²) in [6.45, 7) is 4.85. The van der Waals surface area contributed by atoms with Crippen LogP contribution in [0.2, 0.25) is 0 Å². The van der Waals surface area contributed by atoms with Crippen LogP contribution in [0, 0.1) is 0 Å². The van der Waals surface area contributed by atoms with Gasteiger partial charge in [-0.3, -0.25) is 0 Å². The van der Waals surface area contributed by atoms with Crippen LogP contribution < -0.4 is 10.5 Å². The molecule has 3 nitrogen and oxygen atoms in total. The van der Waals surface area contributed by atoms with Gasteiger partial charge in [0.05, 0.1) is 12.2 Å². The molecule has 1 saturated heterocycles. The van der Waals surface area contributed by atoms with Crippen LogP contribution in [-0.4, -0.2) is 18.8 Å². The lowest BCUT2D eigenvalue weighted by atomic mass is 10.1. The van der Waals surface area contributed by atoms with E-state index in [1.807, 2.05) is 24.3 Å². The second-order valence-electron chi connectivity index (χ2n) is 5.04. The molecule has 0 aliphatic carbocycles. The molecule has 0 saturated carbocycles. The molecule has 3 heteroatoms. The van der Waals surface area contributed by atoms with Gasteiger partial charge in [0.2, 0.25) is 0 Å². The highest BCUT2D eigenvalue weighted by atomic mass is 16.5. The highest BCUT2D eigenvalue weighted by Crippen LogP contribution is 2.22. The van der Waals surface area contributed by atoms with Gasteiger partial charge < -0.3 is 15.2 Å². The van der Waals surface area contributed by atoms with Crippen LogP contribution in [0.3, 0.4) is 0 Å². The SMILES string of the molecule is CCC(N)c1ccc(OCC2CCC(C)O2)cc1. The average molecular weight is 249 g/mol. The summed E-state index contributed by atoms with van der Waals surface area (Å²) in [5.41, 5.74) is 7.13. The maximum Gasteiger partial charge on any atom is 0.119 e. The van der Waals surface area contributed by atoms with Crippen molar-refractivity contribution in [3.8, 4) is 5.75 Å². The fourth-order valence-corrected chi connectivity index (χ4v) is 2.24. The first kappa shape index (κ1) is 13.4. The number of rotatable bonds is 5. The van der Waals surface area contributed by atoms with E-state index < -0.39 is 0 Å². The van der Waals surface area contributed by atoms with E-state index in [1.165, 1.54) is 0 Å². The maximum atomic E-state index is 5.97. The van der Waals surface area contributed by atoms with Gasteiger partial charge in [-0.1, -0.05) is 19.1 Å². The van der Waals surface area contributed by atoms with Gasteiger partial charge in [0.25, 0.3) is 0 Å². The summed E-state index contributed by atoms with van der Waals surface area (Å²) < 4.78 is 11.5. The van der Waals surface area contributed by atoms with Crippen molar-refractivity contribution in [2.75, 3.05) is 6.61 Å². The van der Waals surface area contributed by atoms with E-state index >= 15 is 0 Å². The van der Waals surface area contributed by atoms with Crippen molar-refractivity contribution in [2.45, 2.75) is 51.4 Å². The number of hydrogen-bond acceptors (Lipinski definition) is 3. The molecule has 2 rings (SSSR count). The standard InChI is InChI=1S/C15H23NO2/c1-3-15(16)12-5-8-13(9-6-12)17-10-14-7-4-11(2)18-14/h5-6,8-9,11,14-15H,3-4,7,10,16H2,1-2H3. The van der Waals surface area contributed by atoms with Crippen LogP contribution in [0.1, 0.15) is 44.7 Å². The third-order valence-electron chi connectivity index (χ3n) is 3.50. The van der Waals surface area contributed by atoms with Gasteiger partial charge in [-0.05, 0) is 43.9 Å².